The fraction of sp³-hybridized carbons (Fsp3) is 0.308. The maximum atomic E-state index is 11.5. The summed E-state index contributed by atoms with van der Waals surface area (Å²) in [7, 11) is 1.82. The summed E-state index contributed by atoms with van der Waals surface area (Å²) >= 11 is 0. The van der Waals surface area contributed by atoms with Crippen LogP contribution in [0.2, 0.25) is 0 Å². The second-order valence-corrected chi connectivity index (χ2v) is 4.64. The predicted molar refractivity (Wildman–Crippen MR) is 71.9 cm³/mol. The summed E-state index contributed by atoms with van der Waals surface area (Å²) < 4.78 is 0. The first kappa shape index (κ1) is 13.2. The lowest BCUT2D eigenvalue weighted by Crippen LogP contribution is -2.43. The summed E-state index contributed by atoms with van der Waals surface area (Å²) in [6, 6.07) is 5.22. The molecule has 100 valence electrons. The van der Waals surface area contributed by atoms with Crippen molar-refractivity contribution in [2.75, 3.05) is 7.05 Å². The van der Waals surface area contributed by atoms with Crippen molar-refractivity contribution < 1.29 is 9.59 Å². The van der Waals surface area contributed by atoms with E-state index in [1.165, 1.54) is 0 Å². The Morgan fingerprint density at radius 2 is 2.16 bits per heavy atom. The molecule has 0 spiro atoms. The number of rotatable bonds is 3. The molecule has 1 aliphatic rings. The van der Waals surface area contributed by atoms with Gasteiger partial charge in [-0.05, 0) is 36.7 Å². The van der Waals surface area contributed by atoms with Crippen molar-refractivity contribution >= 4 is 23.7 Å². The standard InChI is InChI=1S/C13H16N4O2/c1-17-6-9-4-10(16-13(14)15)3-2-8(9)5-11(17)12(19)7-18/h2-4,7,11H,5-6H2,1H3,(H4,14,15,16)/t11-/m0/s1. The second-order valence-electron chi connectivity index (χ2n) is 4.64. The van der Waals surface area contributed by atoms with Gasteiger partial charge in [-0.2, -0.15) is 0 Å². The van der Waals surface area contributed by atoms with Crippen LogP contribution in [0.4, 0.5) is 5.69 Å². The molecular weight excluding hydrogens is 244 g/mol. The van der Waals surface area contributed by atoms with Gasteiger partial charge in [-0.3, -0.25) is 14.5 Å². The van der Waals surface area contributed by atoms with Gasteiger partial charge < -0.3 is 11.5 Å². The zero-order valence-corrected chi connectivity index (χ0v) is 10.7. The van der Waals surface area contributed by atoms with Gasteiger partial charge >= 0.3 is 0 Å². The smallest absolute Gasteiger partial charge is 0.212 e. The Kier molecular flexibility index (Phi) is 3.62. The number of Topliss-reactive ketones (excluding diaryl/α,β-unsaturated/α-hetero) is 1. The molecule has 0 radical (unpaired) electrons. The molecule has 6 heteroatoms. The Labute approximate surface area is 111 Å². The van der Waals surface area contributed by atoms with Crippen LogP contribution in [0.5, 0.6) is 0 Å². The van der Waals surface area contributed by atoms with Crippen LogP contribution >= 0.6 is 0 Å². The number of ketones is 1. The maximum Gasteiger partial charge on any atom is 0.212 e. The van der Waals surface area contributed by atoms with Gasteiger partial charge in [-0.25, -0.2) is 4.99 Å². The van der Waals surface area contributed by atoms with Gasteiger partial charge in [0.15, 0.2) is 12.2 Å². The SMILES string of the molecule is CN1Cc2cc(N=C(N)N)ccc2C[C@H]1C(=O)C=O. The molecule has 1 aliphatic heterocycles. The van der Waals surface area contributed by atoms with E-state index in [1.807, 2.05) is 24.1 Å². The number of fused-ring (bicyclic) bond motifs is 1. The van der Waals surface area contributed by atoms with E-state index >= 15 is 0 Å². The molecule has 19 heavy (non-hydrogen) atoms. The molecule has 0 unspecified atom stereocenters. The first-order chi connectivity index (χ1) is 9.01. The molecule has 1 aromatic rings. The zero-order chi connectivity index (χ0) is 14.0. The number of nitrogens with two attached hydrogens (primary N) is 2. The van der Waals surface area contributed by atoms with Crippen molar-refractivity contribution in [3.05, 3.63) is 29.3 Å². The molecular formula is C13H16N4O2. The third kappa shape index (κ3) is 2.79. The average Bonchev–Trinajstić information content (AvgIpc) is 2.36. The highest BCUT2D eigenvalue weighted by Crippen LogP contribution is 2.26. The Bertz CT molecular complexity index is 550. The maximum absolute atomic E-state index is 11.5. The van der Waals surface area contributed by atoms with Gasteiger partial charge in [0.2, 0.25) is 5.78 Å². The molecule has 0 amide bonds. The van der Waals surface area contributed by atoms with Crippen molar-refractivity contribution in [3.8, 4) is 0 Å². The third-order valence-electron chi connectivity index (χ3n) is 3.26. The number of aldehydes is 1. The number of benzene rings is 1. The lowest BCUT2D eigenvalue weighted by Gasteiger charge is -2.32. The van der Waals surface area contributed by atoms with Crippen molar-refractivity contribution in [3.63, 3.8) is 0 Å². The molecule has 0 saturated heterocycles. The number of aliphatic imine (C=N–C) groups is 1. The zero-order valence-electron chi connectivity index (χ0n) is 10.7. The number of hydrogen-bond donors (Lipinski definition) is 2. The van der Waals surface area contributed by atoms with Crippen molar-refractivity contribution in [1.82, 2.24) is 4.90 Å². The highest BCUT2D eigenvalue weighted by molar-refractivity contribution is 6.27. The summed E-state index contributed by atoms with van der Waals surface area (Å²) in [5.41, 5.74) is 13.5. The van der Waals surface area contributed by atoms with E-state index in [1.54, 1.807) is 6.07 Å². The first-order valence-electron chi connectivity index (χ1n) is 5.92. The number of guanidine groups is 1. The summed E-state index contributed by atoms with van der Waals surface area (Å²) in [5.74, 6) is -0.375. The monoisotopic (exact) mass is 260 g/mol. The van der Waals surface area contributed by atoms with Gasteiger partial charge in [0.1, 0.15) is 0 Å². The minimum atomic E-state index is -0.388. The molecule has 1 heterocycles. The molecule has 0 fully saturated rings. The molecule has 6 nitrogen and oxygen atoms in total. The minimum absolute atomic E-state index is 0.0122. The van der Waals surface area contributed by atoms with E-state index in [-0.39, 0.29) is 17.8 Å². The van der Waals surface area contributed by atoms with Gasteiger partial charge in [-0.15, -0.1) is 0 Å². The molecule has 1 aromatic carbocycles. The number of nitrogens with zero attached hydrogens (tertiary/aromatic N) is 2. The van der Waals surface area contributed by atoms with E-state index in [0.717, 1.165) is 11.1 Å². The van der Waals surface area contributed by atoms with E-state index < -0.39 is 0 Å². The fourth-order valence-electron chi connectivity index (χ4n) is 2.32. The van der Waals surface area contributed by atoms with Gasteiger partial charge in [0.25, 0.3) is 0 Å². The number of carbonyl (C=O) groups is 2. The van der Waals surface area contributed by atoms with Crippen LogP contribution in [-0.2, 0) is 22.6 Å². The molecule has 1 atom stereocenters. The van der Waals surface area contributed by atoms with Crippen molar-refractivity contribution in [1.29, 1.82) is 0 Å². The molecule has 0 saturated carbocycles. The van der Waals surface area contributed by atoms with Crippen molar-refractivity contribution in [2.45, 2.75) is 19.0 Å². The van der Waals surface area contributed by atoms with Crippen molar-refractivity contribution in [2.24, 2.45) is 16.5 Å². The topological polar surface area (TPSA) is 102 Å². The number of likely N-dealkylation sites (N-methyl/N-ethyl adjacent to an activating group) is 1. The Balaban J connectivity index is 2.30. The summed E-state index contributed by atoms with van der Waals surface area (Å²) in [6.07, 6.45) is 0.922. The van der Waals surface area contributed by atoms with Crippen LogP contribution < -0.4 is 11.5 Å². The molecule has 0 aliphatic carbocycles. The number of carbonyl (C=O) groups excluding carboxylic acids is 2. The molecule has 2 rings (SSSR count). The average molecular weight is 260 g/mol. The predicted octanol–water partition coefficient (Wildman–Crippen LogP) is -0.284. The lowest BCUT2D eigenvalue weighted by molar-refractivity contribution is -0.133. The van der Waals surface area contributed by atoms with Crippen LogP contribution in [0.3, 0.4) is 0 Å². The van der Waals surface area contributed by atoms with Crippen LogP contribution in [0.25, 0.3) is 0 Å². The quantitative estimate of drug-likeness (QED) is 0.337. The van der Waals surface area contributed by atoms with E-state index in [9.17, 15) is 9.59 Å². The first-order valence-corrected chi connectivity index (χ1v) is 5.92. The van der Waals surface area contributed by atoms with Crippen LogP contribution in [0, 0.1) is 0 Å². The van der Waals surface area contributed by atoms with Gasteiger partial charge in [0, 0.05) is 6.54 Å². The lowest BCUT2D eigenvalue weighted by atomic mass is 9.92. The summed E-state index contributed by atoms with van der Waals surface area (Å²) in [5, 5.41) is 0. The molecule has 0 aromatic heterocycles. The second kappa shape index (κ2) is 5.19. The summed E-state index contributed by atoms with van der Waals surface area (Å²) in [4.78, 5) is 28.0. The van der Waals surface area contributed by atoms with E-state index in [2.05, 4.69) is 4.99 Å². The van der Waals surface area contributed by atoms with E-state index in [4.69, 9.17) is 11.5 Å². The minimum Gasteiger partial charge on any atom is -0.370 e. The van der Waals surface area contributed by atoms with Crippen LogP contribution in [0.1, 0.15) is 11.1 Å². The Hall–Kier alpha value is -2.21. The molecule has 4 N–H and O–H groups in total. The normalized spacial score (nSPS) is 18.5. The Morgan fingerprint density at radius 1 is 1.42 bits per heavy atom. The van der Waals surface area contributed by atoms with Crippen LogP contribution in [0.15, 0.2) is 23.2 Å². The van der Waals surface area contributed by atoms with E-state index in [0.29, 0.717) is 24.9 Å². The fourth-order valence-corrected chi connectivity index (χ4v) is 2.32. The van der Waals surface area contributed by atoms with Gasteiger partial charge in [-0.1, -0.05) is 6.07 Å². The molecule has 0 bridgehead atoms. The Morgan fingerprint density at radius 3 is 2.79 bits per heavy atom. The highest BCUT2D eigenvalue weighted by atomic mass is 16.2. The third-order valence-corrected chi connectivity index (χ3v) is 3.26. The summed E-state index contributed by atoms with van der Waals surface area (Å²) in [6.45, 7) is 0.591. The van der Waals surface area contributed by atoms with Crippen LogP contribution in [-0.4, -0.2) is 36.0 Å². The highest BCUT2D eigenvalue weighted by Gasteiger charge is 2.28. The van der Waals surface area contributed by atoms with Gasteiger partial charge in [0.05, 0.1) is 11.7 Å². The largest absolute Gasteiger partial charge is 0.370 e. The number of hydrogen-bond acceptors (Lipinski definition) is 4.